The molecule has 0 aliphatic heterocycles. The van der Waals surface area contributed by atoms with Crippen LogP contribution in [0.1, 0.15) is 58.3 Å². The van der Waals surface area contributed by atoms with Crippen LogP contribution >= 0.6 is 12.6 Å². The van der Waals surface area contributed by atoms with E-state index in [1.54, 1.807) is 0 Å². The summed E-state index contributed by atoms with van der Waals surface area (Å²) in [6.07, 6.45) is 8.44. The fraction of sp³-hybridized carbons (Fsp3) is 0.846. The molecular weight excluding hydrogens is 250 g/mol. The largest absolute Gasteiger partial charge is 0.480 e. The van der Waals surface area contributed by atoms with Crippen LogP contribution < -0.4 is 5.32 Å². The van der Waals surface area contributed by atoms with Gasteiger partial charge >= 0.3 is 5.97 Å². The molecule has 0 rings (SSSR count). The van der Waals surface area contributed by atoms with Gasteiger partial charge in [-0.25, -0.2) is 4.79 Å². The summed E-state index contributed by atoms with van der Waals surface area (Å²) in [6.45, 7) is 2.19. The summed E-state index contributed by atoms with van der Waals surface area (Å²) >= 11 is 3.89. The fourth-order valence-electron chi connectivity index (χ4n) is 1.69. The molecule has 106 valence electrons. The van der Waals surface area contributed by atoms with E-state index in [9.17, 15) is 9.59 Å². The monoisotopic (exact) mass is 275 g/mol. The summed E-state index contributed by atoms with van der Waals surface area (Å²) in [7, 11) is 0. The number of carbonyl (C=O) groups excluding carboxylic acids is 1. The van der Waals surface area contributed by atoms with Crippen molar-refractivity contribution in [3.8, 4) is 0 Å². The normalized spacial score (nSPS) is 12.1. The number of rotatable bonds is 11. The van der Waals surface area contributed by atoms with Crippen molar-refractivity contribution in [1.29, 1.82) is 0 Å². The van der Waals surface area contributed by atoms with Crippen molar-refractivity contribution in [2.24, 2.45) is 0 Å². The Labute approximate surface area is 115 Å². The number of carbonyl (C=O) groups is 2. The topological polar surface area (TPSA) is 66.4 Å². The number of unbranched alkanes of at least 4 members (excludes halogenated alkanes) is 6. The minimum absolute atomic E-state index is 0.123. The molecule has 1 atom stereocenters. The minimum Gasteiger partial charge on any atom is -0.480 e. The van der Waals surface area contributed by atoms with E-state index >= 15 is 0 Å². The standard InChI is InChI=1S/C13H25NO3S/c1-2-3-4-5-6-7-8-9-12(15)14-11(10-18)13(16)17/h11,18H,2-10H2,1H3,(H,14,15)(H,16,17)/t11-/m1/s1. The summed E-state index contributed by atoms with van der Waals surface area (Å²) in [4.78, 5) is 22.1. The van der Waals surface area contributed by atoms with E-state index in [4.69, 9.17) is 5.11 Å². The molecule has 0 radical (unpaired) electrons. The van der Waals surface area contributed by atoms with Crippen LogP contribution in [0.4, 0.5) is 0 Å². The van der Waals surface area contributed by atoms with Gasteiger partial charge in [0.2, 0.25) is 5.91 Å². The number of hydrogen-bond donors (Lipinski definition) is 3. The van der Waals surface area contributed by atoms with Gasteiger partial charge in [0.05, 0.1) is 0 Å². The molecule has 1 amide bonds. The van der Waals surface area contributed by atoms with Crippen molar-refractivity contribution in [2.45, 2.75) is 64.3 Å². The minimum atomic E-state index is -1.03. The zero-order chi connectivity index (χ0) is 13.8. The lowest BCUT2D eigenvalue weighted by molar-refractivity contribution is -0.141. The van der Waals surface area contributed by atoms with Gasteiger partial charge in [-0.2, -0.15) is 12.6 Å². The van der Waals surface area contributed by atoms with Crippen molar-refractivity contribution < 1.29 is 14.7 Å². The lowest BCUT2D eigenvalue weighted by Crippen LogP contribution is -2.42. The Balaban J connectivity index is 3.50. The molecule has 0 fully saturated rings. The molecule has 5 heteroatoms. The Morgan fingerprint density at radius 1 is 1.11 bits per heavy atom. The third-order valence-electron chi connectivity index (χ3n) is 2.82. The second kappa shape index (κ2) is 11.4. The molecule has 0 saturated carbocycles. The molecule has 0 heterocycles. The molecular formula is C13H25NO3S. The SMILES string of the molecule is CCCCCCCCCC(=O)N[C@H](CS)C(=O)O. The van der Waals surface area contributed by atoms with Gasteiger partial charge < -0.3 is 10.4 Å². The fourth-order valence-corrected chi connectivity index (χ4v) is 1.94. The molecule has 0 aromatic rings. The first-order valence-electron chi connectivity index (χ1n) is 6.74. The number of amides is 1. The van der Waals surface area contributed by atoms with Crippen molar-refractivity contribution in [1.82, 2.24) is 5.32 Å². The molecule has 4 nitrogen and oxygen atoms in total. The predicted octanol–water partition coefficient (Wildman–Crippen LogP) is 2.63. The maximum absolute atomic E-state index is 11.4. The molecule has 0 aromatic carbocycles. The Morgan fingerprint density at radius 3 is 2.17 bits per heavy atom. The zero-order valence-electron chi connectivity index (χ0n) is 11.2. The van der Waals surface area contributed by atoms with Gasteiger partial charge in [-0.05, 0) is 6.42 Å². The lowest BCUT2D eigenvalue weighted by Gasteiger charge is -2.11. The number of hydrogen-bond acceptors (Lipinski definition) is 3. The summed E-state index contributed by atoms with van der Waals surface area (Å²) in [5, 5.41) is 11.2. The summed E-state index contributed by atoms with van der Waals surface area (Å²) in [5.74, 6) is -1.10. The van der Waals surface area contributed by atoms with E-state index in [1.165, 1.54) is 25.7 Å². The van der Waals surface area contributed by atoms with Crippen LogP contribution in [0.3, 0.4) is 0 Å². The highest BCUT2D eigenvalue weighted by atomic mass is 32.1. The van der Waals surface area contributed by atoms with E-state index < -0.39 is 12.0 Å². The molecule has 18 heavy (non-hydrogen) atoms. The first-order chi connectivity index (χ1) is 8.61. The van der Waals surface area contributed by atoms with E-state index in [0.717, 1.165) is 19.3 Å². The van der Waals surface area contributed by atoms with Crippen molar-refractivity contribution in [3.63, 3.8) is 0 Å². The predicted molar refractivity (Wildman–Crippen MR) is 76.0 cm³/mol. The van der Waals surface area contributed by atoms with E-state index in [-0.39, 0.29) is 11.7 Å². The molecule has 0 aromatic heterocycles. The van der Waals surface area contributed by atoms with E-state index in [2.05, 4.69) is 24.9 Å². The van der Waals surface area contributed by atoms with Gasteiger partial charge in [-0.15, -0.1) is 0 Å². The highest BCUT2D eigenvalue weighted by Gasteiger charge is 2.17. The number of aliphatic carboxylic acids is 1. The van der Waals surface area contributed by atoms with E-state index in [1.807, 2.05) is 0 Å². The van der Waals surface area contributed by atoms with E-state index in [0.29, 0.717) is 6.42 Å². The highest BCUT2D eigenvalue weighted by Crippen LogP contribution is 2.08. The van der Waals surface area contributed by atoms with Gasteiger partial charge in [0.15, 0.2) is 0 Å². The van der Waals surface area contributed by atoms with Crippen LogP contribution in [-0.4, -0.2) is 28.8 Å². The summed E-state index contributed by atoms with van der Waals surface area (Å²) in [5.41, 5.74) is 0. The Bertz CT molecular complexity index is 246. The molecule has 0 aliphatic rings. The third-order valence-corrected chi connectivity index (χ3v) is 3.19. The first kappa shape index (κ1) is 17.3. The maximum Gasteiger partial charge on any atom is 0.327 e. The molecule has 0 unspecified atom stereocenters. The lowest BCUT2D eigenvalue weighted by atomic mass is 10.1. The van der Waals surface area contributed by atoms with Crippen LogP contribution in [0.5, 0.6) is 0 Å². The molecule has 0 bridgehead atoms. The van der Waals surface area contributed by atoms with Crippen molar-refractivity contribution in [2.75, 3.05) is 5.75 Å². The maximum atomic E-state index is 11.4. The average Bonchev–Trinajstić information content (AvgIpc) is 2.34. The highest BCUT2D eigenvalue weighted by molar-refractivity contribution is 7.80. The molecule has 2 N–H and O–H groups in total. The second-order valence-electron chi connectivity index (χ2n) is 4.51. The number of thiol groups is 1. The smallest absolute Gasteiger partial charge is 0.327 e. The number of nitrogens with one attached hydrogen (secondary N) is 1. The average molecular weight is 275 g/mol. The quantitative estimate of drug-likeness (QED) is 0.401. The van der Waals surface area contributed by atoms with Gasteiger partial charge in [-0.3, -0.25) is 4.79 Å². The Morgan fingerprint density at radius 2 is 1.67 bits per heavy atom. The number of carboxylic acids is 1. The summed E-state index contributed by atoms with van der Waals surface area (Å²) < 4.78 is 0. The first-order valence-corrected chi connectivity index (χ1v) is 7.38. The van der Waals surface area contributed by atoms with Crippen LogP contribution in [0, 0.1) is 0 Å². The molecule has 0 spiro atoms. The Kier molecular flexibility index (Phi) is 10.9. The zero-order valence-corrected chi connectivity index (χ0v) is 12.0. The second-order valence-corrected chi connectivity index (χ2v) is 4.88. The van der Waals surface area contributed by atoms with Gasteiger partial charge in [-0.1, -0.05) is 45.4 Å². The Hall–Kier alpha value is -0.710. The molecule has 0 saturated heterocycles. The third kappa shape index (κ3) is 9.33. The van der Waals surface area contributed by atoms with Crippen molar-refractivity contribution >= 4 is 24.5 Å². The number of carboxylic acid groups (broad SMARTS) is 1. The van der Waals surface area contributed by atoms with Crippen LogP contribution in [0.25, 0.3) is 0 Å². The van der Waals surface area contributed by atoms with Gasteiger partial charge in [0.1, 0.15) is 6.04 Å². The molecule has 0 aliphatic carbocycles. The van der Waals surface area contributed by atoms with Gasteiger partial charge in [0, 0.05) is 12.2 Å². The summed E-state index contributed by atoms with van der Waals surface area (Å²) in [6, 6.07) is -0.870. The van der Waals surface area contributed by atoms with Crippen LogP contribution in [0.2, 0.25) is 0 Å². The van der Waals surface area contributed by atoms with Crippen molar-refractivity contribution in [3.05, 3.63) is 0 Å². The van der Waals surface area contributed by atoms with Gasteiger partial charge in [0.25, 0.3) is 0 Å². The van der Waals surface area contributed by atoms with Crippen LogP contribution in [0.15, 0.2) is 0 Å². The van der Waals surface area contributed by atoms with Crippen LogP contribution in [-0.2, 0) is 9.59 Å².